The molecule has 0 amide bonds. The minimum absolute atomic E-state index is 0.0212. The highest BCUT2D eigenvalue weighted by molar-refractivity contribution is 7.98. The molecular weight excluding hydrogens is 494 g/mol. The molecule has 38 heavy (non-hydrogen) atoms. The summed E-state index contributed by atoms with van der Waals surface area (Å²) in [4.78, 5) is 25.3. The topological polar surface area (TPSA) is 77.5 Å². The first-order chi connectivity index (χ1) is 18.3. The number of nitro benzene ring substituents is 1. The molecule has 3 aromatic carbocycles. The predicted octanol–water partition coefficient (Wildman–Crippen LogP) is 7.82. The van der Waals surface area contributed by atoms with Crippen LogP contribution in [-0.2, 0) is 13.0 Å². The van der Waals surface area contributed by atoms with Crippen LogP contribution in [0.3, 0.4) is 0 Å². The Hall–Kier alpha value is -3.97. The van der Waals surface area contributed by atoms with Gasteiger partial charge in [-0.15, -0.1) is 0 Å². The van der Waals surface area contributed by atoms with Gasteiger partial charge in [0.1, 0.15) is 0 Å². The van der Waals surface area contributed by atoms with E-state index in [1.54, 1.807) is 6.07 Å². The fourth-order valence-electron chi connectivity index (χ4n) is 4.44. The van der Waals surface area contributed by atoms with Gasteiger partial charge in [0, 0.05) is 53.2 Å². The summed E-state index contributed by atoms with van der Waals surface area (Å²) >= 11 is 1.40. The average Bonchev–Trinajstić information content (AvgIpc) is 3.27. The lowest BCUT2D eigenvalue weighted by Gasteiger charge is -2.16. The zero-order chi connectivity index (χ0) is 27.1. The minimum Gasteiger partial charge on any atom is -0.338 e. The molecule has 4 aromatic rings. The molecule has 4 rings (SSSR count). The first kappa shape index (κ1) is 27.1. The zero-order valence-electron chi connectivity index (χ0n) is 21.8. The van der Waals surface area contributed by atoms with E-state index < -0.39 is 4.92 Å². The van der Waals surface area contributed by atoms with Crippen LogP contribution >= 0.6 is 11.9 Å². The van der Waals surface area contributed by atoms with Crippen LogP contribution in [0.5, 0.6) is 0 Å². The molecule has 0 spiro atoms. The number of nitrogens with zero attached hydrogens (tertiary/aromatic N) is 3. The number of non-ortho nitro benzene ring substituents is 1. The fourth-order valence-corrected chi connectivity index (χ4v) is 4.98. The standard InChI is InChI=1S/C31H31N3O3S/c1-22(2)31-29(30(35)17-14-24-10-7-11-26(18-24)34(36)37)19-27(33(31)21-25-8-5-4-6-9-25)20-32-38-28-15-12-23(3)13-16-28/h4-13,15-16,18-20,22H,14,17,21H2,1-3H3. The molecule has 0 radical (unpaired) electrons. The molecule has 0 atom stereocenters. The van der Waals surface area contributed by atoms with Gasteiger partial charge in [-0.3, -0.25) is 14.9 Å². The second-order valence-electron chi connectivity index (χ2n) is 9.58. The van der Waals surface area contributed by atoms with Crippen molar-refractivity contribution in [3.8, 4) is 0 Å². The quantitative estimate of drug-likeness (QED) is 0.0657. The van der Waals surface area contributed by atoms with Gasteiger partial charge in [-0.25, -0.2) is 4.40 Å². The van der Waals surface area contributed by atoms with Crippen molar-refractivity contribution in [1.29, 1.82) is 0 Å². The Kier molecular flexibility index (Phi) is 8.92. The maximum Gasteiger partial charge on any atom is 0.269 e. The Labute approximate surface area is 227 Å². The van der Waals surface area contributed by atoms with Gasteiger partial charge in [0.05, 0.1) is 16.8 Å². The van der Waals surface area contributed by atoms with Crippen LogP contribution < -0.4 is 0 Å². The van der Waals surface area contributed by atoms with Crippen LogP contribution in [0.2, 0.25) is 0 Å². The Morgan fingerprint density at radius 1 is 1.00 bits per heavy atom. The van der Waals surface area contributed by atoms with E-state index >= 15 is 0 Å². The SMILES string of the molecule is Cc1ccc(SN=Cc2cc(C(=O)CCc3cccc([N+](=O)[O-])c3)c(C(C)C)n2Cc2ccccc2)cc1. The molecule has 6 nitrogen and oxygen atoms in total. The van der Waals surface area contributed by atoms with Crippen molar-refractivity contribution in [1.82, 2.24) is 4.57 Å². The van der Waals surface area contributed by atoms with Crippen LogP contribution in [0.15, 0.2) is 94.2 Å². The van der Waals surface area contributed by atoms with Gasteiger partial charge < -0.3 is 4.57 Å². The fraction of sp³-hybridized carbons (Fsp3) is 0.226. The summed E-state index contributed by atoms with van der Waals surface area (Å²) in [6.45, 7) is 6.87. The van der Waals surface area contributed by atoms with Crippen LogP contribution in [0.25, 0.3) is 0 Å². The van der Waals surface area contributed by atoms with Crippen LogP contribution in [0, 0.1) is 17.0 Å². The van der Waals surface area contributed by atoms with Crippen molar-refractivity contribution in [2.45, 2.75) is 51.0 Å². The van der Waals surface area contributed by atoms with Gasteiger partial charge in [0.2, 0.25) is 0 Å². The van der Waals surface area contributed by atoms with Crippen molar-refractivity contribution in [3.05, 3.63) is 129 Å². The summed E-state index contributed by atoms with van der Waals surface area (Å²) in [5.41, 5.74) is 5.68. The molecular formula is C31H31N3O3S. The Bertz CT molecular complexity index is 1440. The maximum atomic E-state index is 13.5. The van der Waals surface area contributed by atoms with E-state index in [9.17, 15) is 14.9 Å². The van der Waals surface area contributed by atoms with Gasteiger partial charge in [0.25, 0.3) is 5.69 Å². The molecule has 0 saturated heterocycles. The second kappa shape index (κ2) is 12.5. The third-order valence-corrected chi connectivity index (χ3v) is 7.02. The molecule has 0 aliphatic carbocycles. The monoisotopic (exact) mass is 525 g/mol. The third kappa shape index (κ3) is 6.86. The molecule has 194 valence electrons. The summed E-state index contributed by atoms with van der Waals surface area (Å²) < 4.78 is 6.81. The van der Waals surface area contributed by atoms with Gasteiger partial charge in [-0.2, -0.15) is 0 Å². The van der Waals surface area contributed by atoms with Crippen LogP contribution in [0.1, 0.15) is 64.6 Å². The summed E-state index contributed by atoms with van der Waals surface area (Å²) in [5.74, 6) is 0.134. The number of hydrogen-bond donors (Lipinski definition) is 0. The number of rotatable bonds is 11. The summed E-state index contributed by atoms with van der Waals surface area (Å²) in [6, 6.07) is 26.8. The van der Waals surface area contributed by atoms with E-state index in [0.29, 0.717) is 18.5 Å². The van der Waals surface area contributed by atoms with Gasteiger partial charge in [0.15, 0.2) is 5.78 Å². The number of carbonyl (C=O) groups excluding carboxylic acids is 1. The van der Waals surface area contributed by atoms with Crippen LogP contribution in [-0.4, -0.2) is 21.5 Å². The summed E-state index contributed by atoms with van der Waals surface area (Å²) in [6.07, 6.45) is 2.54. The van der Waals surface area contributed by atoms with E-state index in [1.165, 1.54) is 29.6 Å². The Morgan fingerprint density at radius 2 is 1.71 bits per heavy atom. The lowest BCUT2D eigenvalue weighted by atomic mass is 9.98. The molecule has 0 unspecified atom stereocenters. The lowest BCUT2D eigenvalue weighted by Crippen LogP contribution is -2.12. The maximum absolute atomic E-state index is 13.5. The van der Waals surface area contributed by atoms with Crippen molar-refractivity contribution in [2.75, 3.05) is 0 Å². The van der Waals surface area contributed by atoms with Gasteiger partial charge in [-0.05, 0) is 48.6 Å². The van der Waals surface area contributed by atoms with Crippen LogP contribution in [0.4, 0.5) is 5.69 Å². The predicted molar refractivity (Wildman–Crippen MR) is 154 cm³/mol. The normalized spacial score (nSPS) is 11.4. The molecule has 7 heteroatoms. The highest BCUT2D eigenvalue weighted by Gasteiger charge is 2.22. The van der Waals surface area contributed by atoms with E-state index in [0.717, 1.165) is 27.4 Å². The van der Waals surface area contributed by atoms with E-state index in [-0.39, 0.29) is 23.8 Å². The number of hydrogen-bond acceptors (Lipinski definition) is 5. The first-order valence-corrected chi connectivity index (χ1v) is 13.4. The van der Waals surface area contributed by atoms with Crippen molar-refractivity contribution in [2.24, 2.45) is 4.40 Å². The number of ketones is 1. The Morgan fingerprint density at radius 3 is 2.39 bits per heavy atom. The third-order valence-electron chi connectivity index (χ3n) is 6.33. The minimum atomic E-state index is -0.411. The number of carbonyl (C=O) groups is 1. The van der Waals surface area contributed by atoms with Crippen molar-refractivity contribution >= 4 is 29.6 Å². The Balaban J connectivity index is 1.64. The van der Waals surface area contributed by atoms with Gasteiger partial charge >= 0.3 is 0 Å². The highest BCUT2D eigenvalue weighted by atomic mass is 32.2. The van der Waals surface area contributed by atoms with E-state index in [1.807, 2.05) is 48.7 Å². The summed E-state index contributed by atoms with van der Waals surface area (Å²) in [5, 5.41) is 11.1. The van der Waals surface area contributed by atoms with Crippen molar-refractivity contribution < 1.29 is 9.72 Å². The molecule has 0 fully saturated rings. The summed E-state index contributed by atoms with van der Waals surface area (Å²) in [7, 11) is 0. The molecule has 0 N–H and O–H groups in total. The zero-order valence-corrected chi connectivity index (χ0v) is 22.7. The number of benzene rings is 3. The van der Waals surface area contributed by atoms with Gasteiger partial charge in [-0.1, -0.05) is 74.0 Å². The van der Waals surface area contributed by atoms with Crippen molar-refractivity contribution in [3.63, 3.8) is 0 Å². The lowest BCUT2D eigenvalue weighted by molar-refractivity contribution is -0.384. The number of Topliss-reactive ketones (excluding diaryl/α,β-unsaturated/α-hetero) is 1. The number of aromatic nitrogens is 1. The number of aryl methyl sites for hydroxylation is 2. The first-order valence-electron chi connectivity index (χ1n) is 12.6. The molecule has 0 bridgehead atoms. The largest absolute Gasteiger partial charge is 0.338 e. The van der Waals surface area contributed by atoms with E-state index in [4.69, 9.17) is 0 Å². The molecule has 0 aliphatic heterocycles. The number of nitro groups is 1. The molecule has 0 aliphatic rings. The smallest absolute Gasteiger partial charge is 0.269 e. The highest BCUT2D eigenvalue weighted by Crippen LogP contribution is 2.28. The average molecular weight is 526 g/mol. The molecule has 1 aromatic heterocycles. The molecule has 0 saturated carbocycles. The van der Waals surface area contributed by atoms with E-state index in [2.05, 4.69) is 54.0 Å². The molecule has 1 heterocycles. The second-order valence-corrected chi connectivity index (χ2v) is 10.4.